The Morgan fingerprint density at radius 1 is 0.630 bits per heavy atom. The molecular weight excluding hydrogens is 682 g/mol. The van der Waals surface area contributed by atoms with E-state index >= 15 is 0 Å². The fourth-order valence-electron chi connectivity index (χ4n) is 7.13. The molecule has 6 N–H and O–H groups in total. The van der Waals surface area contributed by atoms with E-state index in [-0.39, 0.29) is 12.5 Å². The molecule has 7 atom stereocenters. The molecular formula is C45H85NO8. The summed E-state index contributed by atoms with van der Waals surface area (Å²) in [5.74, 6) is -0.158. The smallest absolute Gasteiger partial charge is 0.220 e. The van der Waals surface area contributed by atoms with Gasteiger partial charge in [-0.25, -0.2) is 0 Å². The molecule has 9 nitrogen and oxygen atoms in total. The van der Waals surface area contributed by atoms with Gasteiger partial charge in [0.15, 0.2) is 6.29 Å². The van der Waals surface area contributed by atoms with Gasteiger partial charge < -0.3 is 40.3 Å². The third kappa shape index (κ3) is 26.5. The number of ether oxygens (including phenoxy) is 2. The van der Waals surface area contributed by atoms with Crippen LogP contribution in [0.5, 0.6) is 0 Å². The van der Waals surface area contributed by atoms with Gasteiger partial charge in [-0.1, -0.05) is 173 Å². The van der Waals surface area contributed by atoms with Crippen molar-refractivity contribution in [1.29, 1.82) is 0 Å². The van der Waals surface area contributed by atoms with Crippen LogP contribution in [0.25, 0.3) is 0 Å². The zero-order chi connectivity index (χ0) is 39.5. The van der Waals surface area contributed by atoms with Crippen molar-refractivity contribution in [1.82, 2.24) is 5.32 Å². The summed E-state index contributed by atoms with van der Waals surface area (Å²) in [6.45, 7) is 3.80. The Morgan fingerprint density at radius 2 is 1.09 bits per heavy atom. The van der Waals surface area contributed by atoms with Crippen LogP contribution in [0, 0.1) is 0 Å². The summed E-state index contributed by atoms with van der Waals surface area (Å²) in [5.41, 5.74) is 0. The van der Waals surface area contributed by atoms with Crippen molar-refractivity contribution in [3.05, 3.63) is 24.3 Å². The Hall–Kier alpha value is -1.33. The average molecular weight is 768 g/mol. The van der Waals surface area contributed by atoms with Crippen LogP contribution in [0.4, 0.5) is 0 Å². The van der Waals surface area contributed by atoms with Crippen LogP contribution in [-0.2, 0) is 14.3 Å². The molecule has 0 spiro atoms. The number of hydrogen-bond donors (Lipinski definition) is 6. The van der Waals surface area contributed by atoms with Crippen LogP contribution in [0.1, 0.15) is 200 Å². The second-order valence-electron chi connectivity index (χ2n) is 15.8. The van der Waals surface area contributed by atoms with Gasteiger partial charge in [-0.3, -0.25) is 4.79 Å². The quantitative estimate of drug-likeness (QED) is 0.0271. The van der Waals surface area contributed by atoms with E-state index in [1.54, 1.807) is 0 Å². The lowest BCUT2D eigenvalue weighted by atomic mass is 9.99. The first-order valence-electron chi connectivity index (χ1n) is 22.5. The predicted octanol–water partition coefficient (Wildman–Crippen LogP) is 9.11. The van der Waals surface area contributed by atoms with Crippen molar-refractivity contribution in [2.75, 3.05) is 13.2 Å². The SMILES string of the molecule is CCCCC/C=C\C/C=C\CCCCCCCC(=O)NC(COC1OC(CO)C(O)C(O)C1O)C(O)CCCCCCCCCCCCCCCCCC. The van der Waals surface area contributed by atoms with E-state index in [0.29, 0.717) is 12.8 Å². The number of nitrogens with one attached hydrogen (secondary N) is 1. The minimum Gasteiger partial charge on any atom is -0.394 e. The van der Waals surface area contributed by atoms with Crippen molar-refractivity contribution in [3.63, 3.8) is 0 Å². The first-order valence-corrected chi connectivity index (χ1v) is 22.5. The van der Waals surface area contributed by atoms with Crippen molar-refractivity contribution < 1.29 is 39.8 Å². The van der Waals surface area contributed by atoms with Crippen molar-refractivity contribution in [2.45, 2.75) is 243 Å². The first kappa shape index (κ1) is 50.7. The fourth-order valence-corrected chi connectivity index (χ4v) is 7.13. The number of aliphatic hydroxyl groups excluding tert-OH is 5. The molecule has 1 amide bonds. The summed E-state index contributed by atoms with van der Waals surface area (Å²) in [4.78, 5) is 12.9. The molecule has 0 aromatic heterocycles. The number of hydrogen-bond acceptors (Lipinski definition) is 8. The Morgan fingerprint density at radius 3 is 1.63 bits per heavy atom. The summed E-state index contributed by atoms with van der Waals surface area (Å²) < 4.78 is 11.2. The molecule has 1 aliphatic rings. The topological polar surface area (TPSA) is 149 Å². The lowest BCUT2D eigenvalue weighted by Crippen LogP contribution is -2.60. The Kier molecular flexibility index (Phi) is 33.8. The third-order valence-corrected chi connectivity index (χ3v) is 10.8. The van der Waals surface area contributed by atoms with Crippen molar-refractivity contribution in [2.24, 2.45) is 0 Å². The number of unbranched alkanes of at least 4 members (excludes halogenated alkanes) is 23. The number of amides is 1. The summed E-state index contributed by atoms with van der Waals surface area (Å²) in [5, 5.41) is 54.3. The summed E-state index contributed by atoms with van der Waals surface area (Å²) in [6, 6.07) is -0.723. The fraction of sp³-hybridized carbons (Fsp3) is 0.889. The second kappa shape index (κ2) is 36.0. The van der Waals surface area contributed by atoms with Gasteiger partial charge in [0, 0.05) is 6.42 Å². The molecule has 0 saturated carbocycles. The molecule has 1 heterocycles. The molecule has 0 aromatic rings. The van der Waals surface area contributed by atoms with Gasteiger partial charge in [-0.2, -0.15) is 0 Å². The van der Waals surface area contributed by atoms with E-state index in [4.69, 9.17) is 9.47 Å². The number of allylic oxidation sites excluding steroid dienone is 4. The van der Waals surface area contributed by atoms with E-state index in [9.17, 15) is 30.3 Å². The third-order valence-electron chi connectivity index (χ3n) is 10.8. The molecule has 9 heteroatoms. The van der Waals surface area contributed by atoms with Crippen LogP contribution in [0.15, 0.2) is 24.3 Å². The molecule has 54 heavy (non-hydrogen) atoms. The zero-order valence-electron chi connectivity index (χ0n) is 34.7. The van der Waals surface area contributed by atoms with Crippen LogP contribution < -0.4 is 5.32 Å². The monoisotopic (exact) mass is 768 g/mol. The largest absolute Gasteiger partial charge is 0.394 e. The molecule has 318 valence electrons. The van der Waals surface area contributed by atoms with Gasteiger partial charge in [-0.05, 0) is 44.9 Å². The number of rotatable bonds is 37. The molecule has 0 aromatic carbocycles. The van der Waals surface area contributed by atoms with E-state index < -0.39 is 49.5 Å². The maximum atomic E-state index is 12.9. The number of carbonyl (C=O) groups excluding carboxylic acids is 1. The van der Waals surface area contributed by atoms with E-state index in [2.05, 4.69) is 43.5 Å². The minimum atomic E-state index is -1.55. The first-order chi connectivity index (χ1) is 26.3. The van der Waals surface area contributed by atoms with Gasteiger partial charge in [0.2, 0.25) is 5.91 Å². The highest BCUT2D eigenvalue weighted by molar-refractivity contribution is 5.76. The van der Waals surface area contributed by atoms with Gasteiger partial charge >= 0.3 is 0 Å². The van der Waals surface area contributed by atoms with E-state index in [1.807, 2.05) is 0 Å². The zero-order valence-corrected chi connectivity index (χ0v) is 34.7. The Bertz CT molecular complexity index is 899. The maximum absolute atomic E-state index is 12.9. The summed E-state index contributed by atoms with van der Waals surface area (Å²) >= 11 is 0. The van der Waals surface area contributed by atoms with Gasteiger partial charge in [-0.15, -0.1) is 0 Å². The highest BCUT2D eigenvalue weighted by atomic mass is 16.7. The molecule has 0 radical (unpaired) electrons. The van der Waals surface area contributed by atoms with Crippen molar-refractivity contribution >= 4 is 5.91 Å². The number of aliphatic hydroxyl groups is 5. The molecule has 1 fully saturated rings. The molecule has 0 bridgehead atoms. The molecule has 0 aliphatic carbocycles. The lowest BCUT2D eigenvalue weighted by Gasteiger charge is -2.40. The molecule has 1 rings (SSSR count). The van der Waals surface area contributed by atoms with Crippen LogP contribution in [0.3, 0.4) is 0 Å². The second-order valence-corrected chi connectivity index (χ2v) is 15.8. The van der Waals surface area contributed by atoms with Gasteiger partial charge in [0.25, 0.3) is 0 Å². The van der Waals surface area contributed by atoms with Crippen LogP contribution in [-0.4, -0.2) is 87.5 Å². The van der Waals surface area contributed by atoms with E-state index in [1.165, 1.54) is 109 Å². The van der Waals surface area contributed by atoms with Crippen LogP contribution in [0.2, 0.25) is 0 Å². The molecule has 7 unspecified atom stereocenters. The summed E-state index contributed by atoms with van der Waals surface area (Å²) in [6.07, 6.45) is 34.6. The van der Waals surface area contributed by atoms with Gasteiger partial charge in [0.1, 0.15) is 24.4 Å². The van der Waals surface area contributed by atoms with E-state index in [0.717, 1.165) is 64.2 Å². The lowest BCUT2D eigenvalue weighted by molar-refractivity contribution is -0.302. The molecule has 1 saturated heterocycles. The average Bonchev–Trinajstić information content (AvgIpc) is 3.17. The molecule has 1 aliphatic heterocycles. The minimum absolute atomic E-state index is 0.142. The Labute approximate surface area is 330 Å². The van der Waals surface area contributed by atoms with Crippen molar-refractivity contribution in [3.8, 4) is 0 Å². The standard InChI is InChI=1S/C45H85NO8/c1-3-5-7-9-11-13-15-17-19-21-22-24-26-28-30-32-34-39(48)38(37-53-45-44(52)43(51)42(50)40(36-47)54-45)46-41(49)35-33-31-29-27-25-23-20-18-16-14-12-10-8-6-4-2/h12,14,18,20,38-40,42-45,47-48,50-52H,3-11,13,15-17,19,21-37H2,1-2H3,(H,46,49)/b14-12-,20-18-. The Balaban J connectivity index is 2.36. The van der Waals surface area contributed by atoms with Crippen LogP contribution >= 0.6 is 0 Å². The highest BCUT2D eigenvalue weighted by Crippen LogP contribution is 2.23. The van der Waals surface area contributed by atoms with Gasteiger partial charge in [0.05, 0.1) is 25.4 Å². The predicted molar refractivity (Wildman–Crippen MR) is 221 cm³/mol. The highest BCUT2D eigenvalue weighted by Gasteiger charge is 2.44. The number of carbonyl (C=O) groups is 1. The summed E-state index contributed by atoms with van der Waals surface area (Å²) in [7, 11) is 0. The normalized spacial score (nSPS) is 21.6. The maximum Gasteiger partial charge on any atom is 0.220 e.